The summed E-state index contributed by atoms with van der Waals surface area (Å²) in [6, 6.07) is 7.13. The number of hydrogen-bond donors (Lipinski definition) is 0. The topological polar surface area (TPSA) is 0 Å². The molecule has 0 saturated heterocycles. The van der Waals surface area contributed by atoms with Gasteiger partial charge in [0.25, 0.3) is 0 Å². The highest BCUT2D eigenvalue weighted by Gasteiger charge is 2.23. The van der Waals surface area contributed by atoms with E-state index in [-0.39, 0.29) is 5.82 Å². The summed E-state index contributed by atoms with van der Waals surface area (Å²) < 4.78 is 12.9. The maximum absolute atomic E-state index is 12.9. The van der Waals surface area contributed by atoms with E-state index in [0.29, 0.717) is 5.92 Å². The molecular weight excluding hydrogens is 223 g/mol. The van der Waals surface area contributed by atoms with Gasteiger partial charge >= 0.3 is 0 Å². The molecule has 1 aliphatic carbocycles. The summed E-state index contributed by atoms with van der Waals surface area (Å²) >= 11 is 0. The van der Waals surface area contributed by atoms with Crippen LogP contribution >= 0.6 is 0 Å². The van der Waals surface area contributed by atoms with Gasteiger partial charge in [-0.2, -0.15) is 0 Å². The lowest BCUT2D eigenvalue weighted by atomic mass is 9.75. The van der Waals surface area contributed by atoms with Crippen molar-refractivity contribution in [3.8, 4) is 0 Å². The number of benzene rings is 1. The summed E-state index contributed by atoms with van der Waals surface area (Å²) in [5.74, 6) is 2.34. The van der Waals surface area contributed by atoms with Crippen LogP contribution in [0.1, 0.15) is 63.9 Å². The van der Waals surface area contributed by atoms with Gasteiger partial charge in [0.2, 0.25) is 0 Å². The first-order valence-corrected chi connectivity index (χ1v) is 7.44. The van der Waals surface area contributed by atoms with Crippen LogP contribution < -0.4 is 0 Å². The van der Waals surface area contributed by atoms with Crippen LogP contribution in [-0.2, 0) is 0 Å². The maximum atomic E-state index is 12.9. The Morgan fingerprint density at radius 1 is 1.11 bits per heavy atom. The SMILES string of the molecule is CCC(C)CC1CCC(c2ccc(F)cc2)CC1. The lowest BCUT2D eigenvalue weighted by Gasteiger charge is -2.30. The van der Waals surface area contributed by atoms with Gasteiger partial charge in [0.05, 0.1) is 0 Å². The molecule has 1 aromatic carbocycles. The van der Waals surface area contributed by atoms with E-state index in [0.717, 1.165) is 11.8 Å². The van der Waals surface area contributed by atoms with E-state index in [1.54, 1.807) is 12.1 Å². The van der Waals surface area contributed by atoms with Gasteiger partial charge in [-0.3, -0.25) is 0 Å². The zero-order chi connectivity index (χ0) is 13.0. The van der Waals surface area contributed by atoms with Gasteiger partial charge in [0.1, 0.15) is 5.82 Å². The molecule has 0 bridgehead atoms. The van der Waals surface area contributed by atoms with Gasteiger partial charge in [-0.05, 0) is 67.6 Å². The first kappa shape index (κ1) is 13.6. The second kappa shape index (κ2) is 6.36. The minimum absolute atomic E-state index is 0.121. The smallest absolute Gasteiger partial charge is 0.123 e. The molecule has 0 spiro atoms. The van der Waals surface area contributed by atoms with Crippen molar-refractivity contribution in [2.45, 2.75) is 58.3 Å². The fraction of sp³-hybridized carbons (Fsp3) is 0.647. The van der Waals surface area contributed by atoms with Gasteiger partial charge in [-0.25, -0.2) is 4.39 Å². The Morgan fingerprint density at radius 2 is 1.72 bits per heavy atom. The van der Waals surface area contributed by atoms with Crippen molar-refractivity contribution in [2.24, 2.45) is 11.8 Å². The standard InChI is InChI=1S/C17H25F/c1-3-13(2)12-14-4-6-15(7-5-14)16-8-10-17(18)11-9-16/h8-11,13-15H,3-7,12H2,1-2H3. The van der Waals surface area contributed by atoms with Crippen LogP contribution in [0.4, 0.5) is 4.39 Å². The van der Waals surface area contributed by atoms with Gasteiger partial charge in [0, 0.05) is 0 Å². The Labute approximate surface area is 111 Å². The fourth-order valence-corrected chi connectivity index (χ4v) is 3.20. The molecule has 1 aliphatic rings. The van der Waals surface area contributed by atoms with E-state index in [1.807, 2.05) is 12.1 Å². The van der Waals surface area contributed by atoms with E-state index < -0.39 is 0 Å². The van der Waals surface area contributed by atoms with Crippen molar-refractivity contribution in [1.82, 2.24) is 0 Å². The molecule has 0 aromatic heterocycles. The summed E-state index contributed by atoms with van der Waals surface area (Å²) in [7, 11) is 0. The maximum Gasteiger partial charge on any atom is 0.123 e. The molecule has 1 saturated carbocycles. The summed E-state index contributed by atoms with van der Waals surface area (Å²) in [5, 5.41) is 0. The van der Waals surface area contributed by atoms with Crippen molar-refractivity contribution in [3.63, 3.8) is 0 Å². The number of rotatable bonds is 4. The van der Waals surface area contributed by atoms with Gasteiger partial charge in [-0.1, -0.05) is 32.4 Å². The molecule has 2 rings (SSSR count). The third kappa shape index (κ3) is 3.57. The van der Waals surface area contributed by atoms with Crippen molar-refractivity contribution in [3.05, 3.63) is 35.6 Å². The first-order valence-electron chi connectivity index (χ1n) is 7.44. The quantitative estimate of drug-likeness (QED) is 0.656. The molecule has 1 fully saturated rings. The van der Waals surface area contributed by atoms with Gasteiger partial charge in [-0.15, -0.1) is 0 Å². The third-order valence-corrected chi connectivity index (χ3v) is 4.62. The van der Waals surface area contributed by atoms with Crippen molar-refractivity contribution in [2.75, 3.05) is 0 Å². The Balaban J connectivity index is 1.84. The highest BCUT2D eigenvalue weighted by molar-refractivity contribution is 5.20. The van der Waals surface area contributed by atoms with Gasteiger partial charge < -0.3 is 0 Å². The Bertz CT molecular complexity index is 346. The predicted molar refractivity (Wildman–Crippen MR) is 75.2 cm³/mol. The average Bonchev–Trinajstić information content (AvgIpc) is 2.40. The summed E-state index contributed by atoms with van der Waals surface area (Å²) in [6.45, 7) is 4.65. The molecule has 18 heavy (non-hydrogen) atoms. The first-order chi connectivity index (χ1) is 8.69. The van der Waals surface area contributed by atoms with Crippen LogP contribution in [-0.4, -0.2) is 0 Å². The molecule has 0 amide bonds. The van der Waals surface area contributed by atoms with Crippen LogP contribution in [0.5, 0.6) is 0 Å². The second-order valence-corrected chi connectivity index (χ2v) is 6.02. The molecule has 0 nitrogen and oxygen atoms in total. The zero-order valence-corrected chi connectivity index (χ0v) is 11.7. The van der Waals surface area contributed by atoms with Crippen molar-refractivity contribution in [1.29, 1.82) is 0 Å². The molecule has 100 valence electrons. The van der Waals surface area contributed by atoms with Crippen molar-refractivity contribution < 1.29 is 4.39 Å². The molecule has 1 unspecified atom stereocenters. The second-order valence-electron chi connectivity index (χ2n) is 6.02. The van der Waals surface area contributed by atoms with Crippen molar-refractivity contribution >= 4 is 0 Å². The molecular formula is C17H25F. The van der Waals surface area contributed by atoms with Crippen LogP contribution in [0.15, 0.2) is 24.3 Å². The van der Waals surface area contributed by atoms with Gasteiger partial charge in [0.15, 0.2) is 0 Å². The largest absolute Gasteiger partial charge is 0.207 e. The molecule has 1 atom stereocenters. The summed E-state index contributed by atoms with van der Waals surface area (Å²) in [6.07, 6.45) is 7.97. The molecule has 0 heterocycles. The highest BCUT2D eigenvalue weighted by atomic mass is 19.1. The lowest BCUT2D eigenvalue weighted by Crippen LogP contribution is -2.15. The minimum atomic E-state index is -0.121. The Kier molecular flexibility index (Phi) is 4.79. The lowest BCUT2D eigenvalue weighted by molar-refractivity contribution is 0.273. The molecule has 0 N–H and O–H groups in total. The third-order valence-electron chi connectivity index (χ3n) is 4.62. The Hall–Kier alpha value is -0.850. The normalized spacial score (nSPS) is 25.9. The summed E-state index contributed by atoms with van der Waals surface area (Å²) in [4.78, 5) is 0. The highest BCUT2D eigenvalue weighted by Crippen LogP contribution is 2.38. The van der Waals surface area contributed by atoms with Crippen LogP contribution in [0.25, 0.3) is 0 Å². The predicted octanol–water partition coefficient (Wildman–Crippen LogP) is 5.54. The van der Waals surface area contributed by atoms with E-state index in [4.69, 9.17) is 0 Å². The van der Waals surface area contributed by atoms with E-state index in [1.165, 1.54) is 44.1 Å². The average molecular weight is 248 g/mol. The number of hydrogen-bond acceptors (Lipinski definition) is 0. The van der Waals surface area contributed by atoms with Crippen LogP contribution in [0.2, 0.25) is 0 Å². The van der Waals surface area contributed by atoms with Crippen LogP contribution in [0.3, 0.4) is 0 Å². The number of halogens is 1. The summed E-state index contributed by atoms with van der Waals surface area (Å²) in [5.41, 5.74) is 1.33. The van der Waals surface area contributed by atoms with Crippen LogP contribution in [0, 0.1) is 17.7 Å². The molecule has 1 aromatic rings. The Morgan fingerprint density at radius 3 is 2.28 bits per heavy atom. The fourth-order valence-electron chi connectivity index (χ4n) is 3.20. The monoisotopic (exact) mass is 248 g/mol. The molecule has 0 radical (unpaired) electrons. The molecule has 1 heteroatoms. The minimum Gasteiger partial charge on any atom is -0.207 e. The van der Waals surface area contributed by atoms with E-state index in [9.17, 15) is 4.39 Å². The van der Waals surface area contributed by atoms with E-state index >= 15 is 0 Å². The molecule has 0 aliphatic heterocycles. The van der Waals surface area contributed by atoms with E-state index in [2.05, 4.69) is 13.8 Å². The zero-order valence-electron chi connectivity index (χ0n) is 11.7.